The van der Waals surface area contributed by atoms with Crippen molar-refractivity contribution in [3.63, 3.8) is 0 Å². The summed E-state index contributed by atoms with van der Waals surface area (Å²) in [6.45, 7) is 2.71. The summed E-state index contributed by atoms with van der Waals surface area (Å²) in [6.07, 6.45) is -2.27. The van der Waals surface area contributed by atoms with Gasteiger partial charge in [0, 0.05) is 25.2 Å². The lowest BCUT2D eigenvalue weighted by atomic mass is 10.0. The number of halogens is 3. The van der Waals surface area contributed by atoms with E-state index in [1.807, 2.05) is 0 Å². The highest BCUT2D eigenvalue weighted by Crippen LogP contribution is 2.30. The lowest BCUT2D eigenvalue weighted by Crippen LogP contribution is -2.30. The number of nitrogens with two attached hydrogens (primary N) is 1. The molecule has 1 aliphatic rings. The second kappa shape index (κ2) is 5.89. The van der Waals surface area contributed by atoms with E-state index in [0.29, 0.717) is 24.2 Å². The van der Waals surface area contributed by atoms with Gasteiger partial charge in [-0.1, -0.05) is 12.1 Å². The Morgan fingerprint density at radius 3 is 2.71 bits per heavy atom. The molecule has 6 heteroatoms. The fourth-order valence-corrected chi connectivity index (χ4v) is 2.29. The highest BCUT2D eigenvalue weighted by atomic mass is 19.4. The van der Waals surface area contributed by atoms with Crippen LogP contribution in [-0.2, 0) is 11.0 Å². The molecule has 1 heterocycles. The number of likely N-dealkylation sites (tertiary alicyclic amines) is 1. The molecule has 1 atom stereocenters. The van der Waals surface area contributed by atoms with Crippen LogP contribution in [0.4, 0.5) is 13.2 Å². The van der Waals surface area contributed by atoms with E-state index in [0.717, 1.165) is 18.6 Å². The second-order valence-corrected chi connectivity index (χ2v) is 5.24. The van der Waals surface area contributed by atoms with Crippen LogP contribution in [0.2, 0.25) is 0 Å². The highest BCUT2D eigenvalue weighted by Gasteiger charge is 2.30. The Kier molecular flexibility index (Phi) is 4.37. The lowest BCUT2D eigenvalue weighted by Gasteiger charge is -2.14. The van der Waals surface area contributed by atoms with Gasteiger partial charge in [0.25, 0.3) is 0 Å². The molecule has 2 N–H and O–H groups in total. The molecule has 2 rings (SSSR count). The minimum absolute atomic E-state index is 0.0174. The number of amides is 1. The highest BCUT2D eigenvalue weighted by molar-refractivity contribution is 5.95. The summed E-state index contributed by atoms with van der Waals surface area (Å²) in [5.74, 6) is -0.210. The lowest BCUT2D eigenvalue weighted by molar-refractivity contribution is -0.137. The zero-order chi connectivity index (χ0) is 15.6. The standard InChI is InChI=1S/C15H17F3N2O/c1-10(7-14(21)20-6-5-13(19)9-20)11-3-2-4-12(8-11)15(16,17)18/h2-4,7-8,13H,5-6,9,19H2,1H3/b10-7+. The smallest absolute Gasteiger partial charge is 0.338 e. The Balaban J connectivity index is 2.17. The van der Waals surface area contributed by atoms with E-state index in [-0.39, 0.29) is 11.9 Å². The predicted molar refractivity (Wildman–Crippen MR) is 74.3 cm³/mol. The van der Waals surface area contributed by atoms with Crippen LogP contribution in [-0.4, -0.2) is 29.9 Å². The van der Waals surface area contributed by atoms with Gasteiger partial charge in [-0.2, -0.15) is 13.2 Å². The van der Waals surface area contributed by atoms with Crippen molar-refractivity contribution < 1.29 is 18.0 Å². The zero-order valence-electron chi connectivity index (χ0n) is 11.7. The van der Waals surface area contributed by atoms with Gasteiger partial charge in [0.05, 0.1) is 5.56 Å². The molecule has 21 heavy (non-hydrogen) atoms. The van der Waals surface area contributed by atoms with Crippen molar-refractivity contribution in [1.29, 1.82) is 0 Å². The quantitative estimate of drug-likeness (QED) is 0.853. The van der Waals surface area contributed by atoms with E-state index in [9.17, 15) is 18.0 Å². The molecule has 1 aromatic carbocycles. The minimum Gasteiger partial charge on any atom is -0.338 e. The molecule has 1 amide bonds. The van der Waals surface area contributed by atoms with E-state index >= 15 is 0 Å². The summed E-state index contributed by atoms with van der Waals surface area (Å²) in [5.41, 5.74) is 5.91. The molecule has 1 fully saturated rings. The van der Waals surface area contributed by atoms with Crippen molar-refractivity contribution in [1.82, 2.24) is 4.90 Å². The number of nitrogens with zero attached hydrogens (tertiary/aromatic N) is 1. The van der Waals surface area contributed by atoms with Crippen LogP contribution >= 0.6 is 0 Å². The van der Waals surface area contributed by atoms with Crippen LogP contribution in [0.25, 0.3) is 5.57 Å². The summed E-state index contributed by atoms with van der Waals surface area (Å²) in [5, 5.41) is 0. The van der Waals surface area contributed by atoms with Crippen molar-refractivity contribution in [2.24, 2.45) is 5.73 Å². The third kappa shape index (κ3) is 3.85. The van der Waals surface area contributed by atoms with Gasteiger partial charge in [0.2, 0.25) is 5.91 Å². The molecule has 1 aromatic rings. The molecule has 0 bridgehead atoms. The van der Waals surface area contributed by atoms with Gasteiger partial charge in [0.15, 0.2) is 0 Å². The Labute approximate surface area is 121 Å². The second-order valence-electron chi connectivity index (χ2n) is 5.24. The minimum atomic E-state index is -4.39. The molecular formula is C15H17F3N2O. The first-order valence-corrected chi connectivity index (χ1v) is 6.68. The Hall–Kier alpha value is -1.82. The third-order valence-corrected chi connectivity index (χ3v) is 3.52. The van der Waals surface area contributed by atoms with Crippen molar-refractivity contribution in [2.75, 3.05) is 13.1 Å². The van der Waals surface area contributed by atoms with Crippen molar-refractivity contribution in [2.45, 2.75) is 25.6 Å². The topological polar surface area (TPSA) is 46.3 Å². The van der Waals surface area contributed by atoms with E-state index in [2.05, 4.69) is 0 Å². The van der Waals surface area contributed by atoms with E-state index < -0.39 is 11.7 Å². The summed E-state index contributed by atoms with van der Waals surface area (Å²) >= 11 is 0. The number of carbonyl (C=O) groups excluding carboxylic acids is 1. The van der Waals surface area contributed by atoms with E-state index in [1.54, 1.807) is 17.9 Å². The van der Waals surface area contributed by atoms with Gasteiger partial charge >= 0.3 is 6.18 Å². The molecule has 0 aromatic heterocycles. The Morgan fingerprint density at radius 1 is 1.43 bits per heavy atom. The fourth-order valence-electron chi connectivity index (χ4n) is 2.29. The van der Waals surface area contributed by atoms with E-state index in [4.69, 9.17) is 5.73 Å². The van der Waals surface area contributed by atoms with Crippen LogP contribution in [0.15, 0.2) is 30.3 Å². The number of alkyl halides is 3. The molecule has 0 aliphatic carbocycles. The number of rotatable bonds is 2. The monoisotopic (exact) mass is 298 g/mol. The summed E-state index contributed by atoms with van der Waals surface area (Å²) < 4.78 is 38.0. The molecule has 0 spiro atoms. The number of hydrogen-bond acceptors (Lipinski definition) is 2. The average molecular weight is 298 g/mol. The van der Waals surface area contributed by atoms with Gasteiger partial charge in [-0.3, -0.25) is 4.79 Å². The summed E-state index contributed by atoms with van der Waals surface area (Å²) in [7, 11) is 0. The number of carbonyl (C=O) groups is 1. The van der Waals surface area contributed by atoms with Crippen molar-refractivity contribution >= 4 is 11.5 Å². The molecular weight excluding hydrogens is 281 g/mol. The Morgan fingerprint density at radius 2 is 2.14 bits per heavy atom. The number of hydrogen-bond donors (Lipinski definition) is 1. The molecule has 0 saturated carbocycles. The van der Waals surface area contributed by atoms with Crippen LogP contribution in [0.1, 0.15) is 24.5 Å². The normalized spacial score (nSPS) is 20.0. The van der Waals surface area contributed by atoms with Crippen molar-refractivity contribution in [3.8, 4) is 0 Å². The first-order valence-electron chi connectivity index (χ1n) is 6.68. The van der Waals surface area contributed by atoms with Gasteiger partial charge in [-0.15, -0.1) is 0 Å². The summed E-state index contributed by atoms with van der Waals surface area (Å²) in [6, 6.07) is 4.94. The van der Waals surface area contributed by atoms with Gasteiger partial charge in [-0.05, 0) is 36.6 Å². The molecule has 1 unspecified atom stereocenters. The van der Waals surface area contributed by atoms with Crippen LogP contribution in [0, 0.1) is 0 Å². The van der Waals surface area contributed by atoms with Gasteiger partial charge < -0.3 is 10.6 Å². The van der Waals surface area contributed by atoms with Gasteiger partial charge in [0.1, 0.15) is 0 Å². The van der Waals surface area contributed by atoms with Crippen LogP contribution in [0.5, 0.6) is 0 Å². The maximum Gasteiger partial charge on any atom is 0.416 e. The molecule has 114 valence electrons. The number of allylic oxidation sites excluding steroid dienone is 1. The third-order valence-electron chi connectivity index (χ3n) is 3.52. The van der Waals surface area contributed by atoms with Gasteiger partial charge in [-0.25, -0.2) is 0 Å². The maximum absolute atomic E-state index is 12.7. The zero-order valence-corrected chi connectivity index (χ0v) is 11.7. The van der Waals surface area contributed by atoms with Crippen LogP contribution in [0.3, 0.4) is 0 Å². The largest absolute Gasteiger partial charge is 0.416 e. The predicted octanol–water partition coefficient (Wildman–Crippen LogP) is 2.67. The number of benzene rings is 1. The average Bonchev–Trinajstić information content (AvgIpc) is 2.84. The molecule has 3 nitrogen and oxygen atoms in total. The first kappa shape index (κ1) is 15.6. The Bertz CT molecular complexity index is 566. The molecule has 1 aliphatic heterocycles. The summed E-state index contributed by atoms with van der Waals surface area (Å²) in [4.78, 5) is 13.6. The van der Waals surface area contributed by atoms with E-state index in [1.165, 1.54) is 12.1 Å². The van der Waals surface area contributed by atoms with Crippen molar-refractivity contribution in [3.05, 3.63) is 41.5 Å². The molecule has 1 saturated heterocycles. The van der Waals surface area contributed by atoms with Crippen LogP contribution < -0.4 is 5.73 Å². The fraction of sp³-hybridized carbons (Fsp3) is 0.400. The first-order chi connectivity index (χ1) is 9.77. The SMILES string of the molecule is C/C(=C\C(=O)N1CCC(N)C1)c1cccc(C(F)(F)F)c1. The molecule has 0 radical (unpaired) electrons. The maximum atomic E-state index is 12.7.